The van der Waals surface area contributed by atoms with Gasteiger partial charge in [-0.05, 0) is 55.0 Å². The molecule has 2 aliphatic rings. The molecule has 1 aromatic heterocycles. The topological polar surface area (TPSA) is 62.7 Å². The molecule has 2 heterocycles. The molecule has 27 heavy (non-hydrogen) atoms. The Labute approximate surface area is 163 Å². The number of aliphatic hydroxyl groups excluding tert-OH is 1. The van der Waals surface area contributed by atoms with Crippen LogP contribution in [0.1, 0.15) is 18.5 Å². The van der Waals surface area contributed by atoms with Crippen LogP contribution >= 0.6 is 11.6 Å². The van der Waals surface area contributed by atoms with Crippen LogP contribution in [0.25, 0.3) is 0 Å². The first-order valence-electron chi connectivity index (χ1n) is 9.36. The summed E-state index contributed by atoms with van der Waals surface area (Å²) in [5.41, 5.74) is 0.791. The normalized spacial score (nSPS) is 27.3. The fraction of sp³-hybridized carbons (Fsp3) is 0.429. The largest absolute Gasteiger partial charge is 0.488 e. The number of ether oxygens (including phenoxy) is 1. The van der Waals surface area contributed by atoms with E-state index in [1.165, 1.54) is 0 Å². The molecule has 6 heteroatoms. The molecule has 0 spiro atoms. The number of halogens is 1. The van der Waals surface area contributed by atoms with Crippen molar-refractivity contribution in [1.82, 2.24) is 9.88 Å². The predicted molar refractivity (Wildman–Crippen MR) is 103 cm³/mol. The van der Waals surface area contributed by atoms with E-state index in [9.17, 15) is 9.90 Å². The fourth-order valence-electron chi connectivity index (χ4n) is 4.21. The standard InChI is InChI=1S/C21H23ClN2O3/c22-16-4-3-6-18(10-16)27-20-9-15-13-24(12-14(15)8-19(20)25)21(26)11-17-5-1-2-7-23-17/h1-7,10,14-15,19-20,25H,8-9,11-13H2/t14-,15+,19+,20+/m0/s1. The number of amides is 1. The Morgan fingerprint density at radius 3 is 2.74 bits per heavy atom. The van der Waals surface area contributed by atoms with Crippen molar-refractivity contribution in [2.45, 2.75) is 31.5 Å². The van der Waals surface area contributed by atoms with E-state index in [1.54, 1.807) is 18.3 Å². The van der Waals surface area contributed by atoms with Gasteiger partial charge in [-0.2, -0.15) is 0 Å². The number of carbonyl (C=O) groups excluding carboxylic acids is 1. The first kappa shape index (κ1) is 18.3. The van der Waals surface area contributed by atoms with E-state index >= 15 is 0 Å². The van der Waals surface area contributed by atoms with E-state index in [-0.39, 0.29) is 12.0 Å². The van der Waals surface area contributed by atoms with E-state index < -0.39 is 6.10 Å². The summed E-state index contributed by atoms with van der Waals surface area (Å²) < 4.78 is 6.00. The second kappa shape index (κ2) is 7.87. The van der Waals surface area contributed by atoms with Crippen molar-refractivity contribution in [1.29, 1.82) is 0 Å². The lowest BCUT2D eigenvalue weighted by atomic mass is 9.78. The maximum atomic E-state index is 12.6. The Hall–Kier alpha value is -2.11. The minimum atomic E-state index is -0.531. The van der Waals surface area contributed by atoms with Crippen LogP contribution in [0.4, 0.5) is 0 Å². The summed E-state index contributed by atoms with van der Waals surface area (Å²) in [7, 11) is 0. The highest BCUT2D eigenvalue weighted by Gasteiger charge is 2.43. The van der Waals surface area contributed by atoms with Crippen molar-refractivity contribution in [3.8, 4) is 5.75 Å². The Kier molecular flexibility index (Phi) is 5.32. The number of hydrogen-bond donors (Lipinski definition) is 1. The van der Waals surface area contributed by atoms with Crippen LogP contribution in [0.2, 0.25) is 5.02 Å². The summed E-state index contributed by atoms with van der Waals surface area (Å²) in [6, 6.07) is 12.9. The maximum Gasteiger partial charge on any atom is 0.228 e. The molecule has 1 N–H and O–H groups in total. The minimum Gasteiger partial charge on any atom is -0.488 e. The molecule has 5 nitrogen and oxygen atoms in total. The van der Waals surface area contributed by atoms with Gasteiger partial charge in [0.15, 0.2) is 0 Å². The lowest BCUT2D eigenvalue weighted by molar-refractivity contribution is -0.129. The van der Waals surface area contributed by atoms with Crippen molar-refractivity contribution in [3.63, 3.8) is 0 Å². The average molecular weight is 387 g/mol. The highest BCUT2D eigenvalue weighted by Crippen LogP contribution is 2.38. The molecule has 0 unspecified atom stereocenters. The summed E-state index contributed by atoms with van der Waals surface area (Å²) in [5.74, 6) is 1.45. The molecular formula is C21H23ClN2O3. The van der Waals surface area contributed by atoms with Gasteiger partial charge in [-0.3, -0.25) is 9.78 Å². The number of fused-ring (bicyclic) bond motifs is 1. The zero-order chi connectivity index (χ0) is 18.8. The van der Waals surface area contributed by atoms with E-state index in [0.29, 0.717) is 42.0 Å². The van der Waals surface area contributed by atoms with Gasteiger partial charge in [0.2, 0.25) is 5.91 Å². The summed E-state index contributed by atoms with van der Waals surface area (Å²) >= 11 is 6.02. The molecule has 4 atom stereocenters. The van der Waals surface area contributed by atoms with Crippen LogP contribution in [0.3, 0.4) is 0 Å². The Balaban J connectivity index is 1.37. The number of aromatic nitrogens is 1. The molecule has 1 aromatic carbocycles. The van der Waals surface area contributed by atoms with E-state index in [1.807, 2.05) is 35.2 Å². The number of benzene rings is 1. The van der Waals surface area contributed by atoms with Crippen LogP contribution in [-0.2, 0) is 11.2 Å². The second-order valence-electron chi connectivity index (χ2n) is 7.47. The van der Waals surface area contributed by atoms with Crippen LogP contribution in [0.5, 0.6) is 5.75 Å². The number of pyridine rings is 1. The molecule has 2 fully saturated rings. The lowest BCUT2D eigenvalue weighted by Crippen LogP contribution is -2.42. The second-order valence-corrected chi connectivity index (χ2v) is 7.91. The number of carbonyl (C=O) groups is 1. The fourth-order valence-corrected chi connectivity index (χ4v) is 4.39. The van der Waals surface area contributed by atoms with Crippen molar-refractivity contribution in [2.24, 2.45) is 11.8 Å². The smallest absolute Gasteiger partial charge is 0.228 e. The number of rotatable bonds is 4. The zero-order valence-electron chi connectivity index (χ0n) is 15.0. The molecule has 1 amide bonds. The van der Waals surface area contributed by atoms with Crippen LogP contribution < -0.4 is 4.74 Å². The first-order valence-corrected chi connectivity index (χ1v) is 9.74. The quantitative estimate of drug-likeness (QED) is 0.877. The number of aliphatic hydroxyl groups is 1. The van der Waals surface area contributed by atoms with Gasteiger partial charge >= 0.3 is 0 Å². The molecule has 1 aliphatic carbocycles. The first-order chi connectivity index (χ1) is 13.1. The van der Waals surface area contributed by atoms with Gasteiger partial charge in [0, 0.05) is 30.0 Å². The van der Waals surface area contributed by atoms with Gasteiger partial charge in [-0.15, -0.1) is 0 Å². The molecule has 1 saturated carbocycles. The third-order valence-corrected chi connectivity index (χ3v) is 5.81. The Morgan fingerprint density at radius 1 is 1.19 bits per heavy atom. The van der Waals surface area contributed by atoms with Crippen LogP contribution in [0, 0.1) is 11.8 Å². The van der Waals surface area contributed by atoms with Crippen molar-refractivity contribution >= 4 is 17.5 Å². The maximum absolute atomic E-state index is 12.6. The lowest BCUT2D eigenvalue weighted by Gasteiger charge is -2.35. The SMILES string of the molecule is O=C(Cc1ccccn1)N1C[C@H]2C[C@@H](Oc3cccc(Cl)c3)[C@H](O)C[C@H]2C1. The van der Waals surface area contributed by atoms with Gasteiger partial charge in [-0.1, -0.05) is 23.7 Å². The molecular weight excluding hydrogens is 364 g/mol. The van der Waals surface area contributed by atoms with E-state index in [2.05, 4.69) is 4.98 Å². The van der Waals surface area contributed by atoms with Crippen LogP contribution in [-0.4, -0.2) is 46.2 Å². The van der Waals surface area contributed by atoms with Gasteiger partial charge in [0.25, 0.3) is 0 Å². The van der Waals surface area contributed by atoms with Crippen molar-refractivity contribution in [3.05, 3.63) is 59.4 Å². The third kappa shape index (κ3) is 4.25. The summed E-state index contributed by atoms with van der Waals surface area (Å²) in [6.07, 6.45) is 2.63. The average Bonchev–Trinajstić information content (AvgIpc) is 3.06. The van der Waals surface area contributed by atoms with Gasteiger partial charge < -0.3 is 14.7 Å². The van der Waals surface area contributed by atoms with Crippen molar-refractivity contribution in [2.75, 3.05) is 13.1 Å². The molecule has 2 aromatic rings. The van der Waals surface area contributed by atoms with Crippen molar-refractivity contribution < 1.29 is 14.6 Å². The molecule has 142 valence electrons. The summed E-state index contributed by atoms with van der Waals surface area (Å²) in [4.78, 5) is 18.8. The molecule has 0 bridgehead atoms. The zero-order valence-corrected chi connectivity index (χ0v) is 15.8. The van der Waals surface area contributed by atoms with Gasteiger partial charge in [0.05, 0.1) is 12.5 Å². The number of likely N-dealkylation sites (tertiary alicyclic amines) is 1. The Bertz CT molecular complexity index is 801. The van der Waals surface area contributed by atoms with E-state index in [4.69, 9.17) is 16.3 Å². The van der Waals surface area contributed by atoms with Gasteiger partial charge in [0.1, 0.15) is 11.9 Å². The monoisotopic (exact) mass is 386 g/mol. The highest BCUT2D eigenvalue weighted by atomic mass is 35.5. The molecule has 0 radical (unpaired) electrons. The summed E-state index contributed by atoms with van der Waals surface area (Å²) in [5, 5.41) is 11.1. The number of hydrogen-bond acceptors (Lipinski definition) is 4. The molecule has 1 saturated heterocycles. The van der Waals surface area contributed by atoms with Crippen LogP contribution in [0.15, 0.2) is 48.7 Å². The Morgan fingerprint density at radius 2 is 2.00 bits per heavy atom. The van der Waals surface area contributed by atoms with Gasteiger partial charge in [-0.25, -0.2) is 0 Å². The third-order valence-electron chi connectivity index (χ3n) is 5.58. The number of nitrogens with zero attached hydrogens (tertiary/aromatic N) is 2. The minimum absolute atomic E-state index is 0.102. The summed E-state index contributed by atoms with van der Waals surface area (Å²) in [6.45, 7) is 1.43. The van der Waals surface area contributed by atoms with E-state index in [0.717, 1.165) is 18.7 Å². The predicted octanol–water partition coefficient (Wildman–Crippen LogP) is 2.95. The highest BCUT2D eigenvalue weighted by molar-refractivity contribution is 6.30. The molecule has 4 rings (SSSR count). The molecule has 1 aliphatic heterocycles.